The summed E-state index contributed by atoms with van der Waals surface area (Å²) >= 11 is 0. The maximum absolute atomic E-state index is 13.9. The van der Waals surface area contributed by atoms with Gasteiger partial charge in [0.05, 0.1) is 6.04 Å². The summed E-state index contributed by atoms with van der Waals surface area (Å²) in [5, 5.41) is 0. The summed E-state index contributed by atoms with van der Waals surface area (Å²) in [6.45, 7) is 1.91. The number of nitrogens with zero attached hydrogens (tertiary/aromatic N) is 1. The Kier molecular flexibility index (Phi) is 5.23. The van der Waals surface area contributed by atoms with E-state index < -0.39 is 22.4 Å². The minimum Gasteiger partial charge on any atom is -0.339 e. The summed E-state index contributed by atoms with van der Waals surface area (Å²) in [5.74, 6) is -2.39. The van der Waals surface area contributed by atoms with Gasteiger partial charge in [-0.05, 0) is 48.6 Å². The van der Waals surface area contributed by atoms with Crippen molar-refractivity contribution in [2.24, 2.45) is 5.92 Å². The van der Waals surface area contributed by atoms with Crippen LogP contribution >= 0.6 is 0 Å². The van der Waals surface area contributed by atoms with Crippen LogP contribution in [0.15, 0.2) is 47.4 Å². The Morgan fingerprint density at radius 2 is 1.85 bits per heavy atom. The Labute approximate surface area is 154 Å². The molecule has 0 heterocycles. The van der Waals surface area contributed by atoms with Crippen molar-refractivity contribution in [2.75, 3.05) is 13.3 Å². The second kappa shape index (κ2) is 7.27. The van der Waals surface area contributed by atoms with Crippen LogP contribution in [0, 0.1) is 17.6 Å². The van der Waals surface area contributed by atoms with Crippen LogP contribution in [0.25, 0.3) is 0 Å². The monoisotopic (exact) mass is 377 g/mol. The van der Waals surface area contributed by atoms with Crippen molar-refractivity contribution in [3.05, 3.63) is 65.2 Å². The normalized spacial score (nSPS) is 21.1. The third-order valence-electron chi connectivity index (χ3n) is 5.11. The summed E-state index contributed by atoms with van der Waals surface area (Å²) in [7, 11) is 0.674. The first-order valence-corrected chi connectivity index (χ1v) is 10.0. The fourth-order valence-electron chi connectivity index (χ4n) is 3.23. The zero-order valence-electron chi connectivity index (χ0n) is 14.9. The van der Waals surface area contributed by atoms with Crippen LogP contribution in [-0.4, -0.2) is 28.3 Å². The standard InChI is InChI=1S/C20H21F2NO2S/c1-12(13-7-9-14(10-8-13)26(3)25)23(2)20(24)17-11-16(17)15-5-4-6-18(21)19(15)22/h4-10,12,16-17H,11H2,1-3H3/t12-,16-,17-,26+/m1/s1. The molecule has 0 saturated heterocycles. The van der Waals surface area contributed by atoms with E-state index in [9.17, 15) is 17.8 Å². The molecule has 4 atom stereocenters. The highest BCUT2D eigenvalue weighted by Crippen LogP contribution is 2.50. The molecule has 0 spiro atoms. The predicted octanol–water partition coefficient (Wildman–Crippen LogP) is 4.03. The molecule has 0 aromatic heterocycles. The van der Waals surface area contributed by atoms with Gasteiger partial charge in [-0.15, -0.1) is 0 Å². The van der Waals surface area contributed by atoms with Crippen LogP contribution in [0.3, 0.4) is 0 Å². The molecule has 1 saturated carbocycles. The van der Waals surface area contributed by atoms with E-state index in [1.165, 1.54) is 6.07 Å². The summed E-state index contributed by atoms with van der Waals surface area (Å²) < 4.78 is 38.8. The van der Waals surface area contributed by atoms with Gasteiger partial charge in [0.15, 0.2) is 11.6 Å². The van der Waals surface area contributed by atoms with E-state index in [2.05, 4.69) is 0 Å². The molecule has 1 aliphatic carbocycles. The highest BCUT2D eigenvalue weighted by molar-refractivity contribution is 7.84. The van der Waals surface area contributed by atoms with E-state index in [-0.39, 0.29) is 29.3 Å². The number of hydrogen-bond acceptors (Lipinski definition) is 2. The van der Waals surface area contributed by atoms with Crippen molar-refractivity contribution in [2.45, 2.75) is 30.2 Å². The summed E-state index contributed by atoms with van der Waals surface area (Å²) in [4.78, 5) is 15.1. The summed E-state index contributed by atoms with van der Waals surface area (Å²) in [6.07, 6.45) is 2.15. The molecule has 3 nitrogen and oxygen atoms in total. The lowest BCUT2D eigenvalue weighted by Crippen LogP contribution is -2.31. The third-order valence-corrected chi connectivity index (χ3v) is 6.05. The zero-order chi connectivity index (χ0) is 19.0. The number of hydrogen-bond donors (Lipinski definition) is 0. The fraction of sp³-hybridized carbons (Fsp3) is 0.350. The molecular weight excluding hydrogens is 356 g/mol. The first-order valence-electron chi connectivity index (χ1n) is 8.45. The lowest BCUT2D eigenvalue weighted by Gasteiger charge is -2.26. The molecule has 1 aliphatic rings. The average molecular weight is 377 g/mol. The van der Waals surface area contributed by atoms with Gasteiger partial charge >= 0.3 is 0 Å². The fourth-order valence-corrected chi connectivity index (χ4v) is 3.75. The van der Waals surface area contributed by atoms with Crippen LogP contribution in [0.5, 0.6) is 0 Å². The van der Waals surface area contributed by atoms with Crippen molar-refractivity contribution >= 4 is 16.7 Å². The maximum atomic E-state index is 13.9. The molecule has 0 radical (unpaired) electrons. The van der Waals surface area contributed by atoms with E-state index in [1.54, 1.807) is 36.4 Å². The van der Waals surface area contributed by atoms with Gasteiger partial charge in [0.2, 0.25) is 5.91 Å². The van der Waals surface area contributed by atoms with Crippen LogP contribution in [0.1, 0.15) is 36.4 Å². The lowest BCUT2D eigenvalue weighted by atomic mass is 10.1. The molecule has 0 N–H and O–H groups in total. The quantitative estimate of drug-likeness (QED) is 0.789. The first kappa shape index (κ1) is 18.7. The zero-order valence-corrected chi connectivity index (χ0v) is 15.7. The molecule has 0 aliphatic heterocycles. The van der Waals surface area contributed by atoms with E-state index >= 15 is 0 Å². The smallest absolute Gasteiger partial charge is 0.226 e. The highest BCUT2D eigenvalue weighted by atomic mass is 32.2. The minimum absolute atomic E-state index is 0.0747. The summed E-state index contributed by atoms with van der Waals surface area (Å²) in [5.41, 5.74) is 1.21. The average Bonchev–Trinajstić information content (AvgIpc) is 3.42. The molecule has 2 aromatic rings. The van der Waals surface area contributed by atoms with Gasteiger partial charge in [0.1, 0.15) is 0 Å². The molecule has 0 bridgehead atoms. The van der Waals surface area contributed by atoms with E-state index in [4.69, 9.17) is 0 Å². The number of benzene rings is 2. The van der Waals surface area contributed by atoms with Gasteiger partial charge in [-0.3, -0.25) is 9.00 Å². The van der Waals surface area contributed by atoms with Gasteiger partial charge in [0, 0.05) is 34.9 Å². The van der Waals surface area contributed by atoms with Crippen LogP contribution in [-0.2, 0) is 15.6 Å². The molecule has 26 heavy (non-hydrogen) atoms. The predicted molar refractivity (Wildman–Crippen MR) is 97.2 cm³/mol. The minimum atomic E-state index is -1.04. The third kappa shape index (κ3) is 3.56. The molecule has 0 unspecified atom stereocenters. The highest BCUT2D eigenvalue weighted by Gasteiger charge is 2.47. The van der Waals surface area contributed by atoms with Crippen LogP contribution in [0.2, 0.25) is 0 Å². The number of carbonyl (C=O) groups excluding carboxylic acids is 1. The molecule has 1 fully saturated rings. The molecule has 3 rings (SSSR count). The van der Waals surface area contributed by atoms with Crippen molar-refractivity contribution in [3.8, 4) is 0 Å². The van der Waals surface area contributed by atoms with Crippen molar-refractivity contribution < 1.29 is 17.8 Å². The first-order chi connectivity index (χ1) is 12.3. The number of rotatable bonds is 5. The summed E-state index contributed by atoms with van der Waals surface area (Å²) in [6, 6.07) is 11.2. The van der Waals surface area contributed by atoms with Gasteiger partial charge < -0.3 is 4.90 Å². The molecule has 1 amide bonds. The second-order valence-corrected chi connectivity index (χ2v) is 8.12. The Hall–Kier alpha value is -2.08. The van der Waals surface area contributed by atoms with E-state index in [0.29, 0.717) is 6.42 Å². The van der Waals surface area contributed by atoms with Crippen LogP contribution in [0.4, 0.5) is 8.78 Å². The largest absolute Gasteiger partial charge is 0.339 e. The Morgan fingerprint density at radius 1 is 1.19 bits per heavy atom. The number of carbonyl (C=O) groups is 1. The molecule has 6 heteroatoms. The van der Waals surface area contributed by atoms with Gasteiger partial charge in [-0.2, -0.15) is 0 Å². The lowest BCUT2D eigenvalue weighted by molar-refractivity contribution is -0.133. The number of halogens is 2. The molecule has 138 valence electrons. The number of amides is 1. The second-order valence-electron chi connectivity index (χ2n) is 6.74. The van der Waals surface area contributed by atoms with Gasteiger partial charge in [-0.25, -0.2) is 8.78 Å². The molecular formula is C20H21F2NO2S. The van der Waals surface area contributed by atoms with E-state index in [0.717, 1.165) is 16.5 Å². The topological polar surface area (TPSA) is 37.4 Å². The Morgan fingerprint density at radius 3 is 2.46 bits per heavy atom. The van der Waals surface area contributed by atoms with Crippen molar-refractivity contribution in [1.82, 2.24) is 4.90 Å². The Bertz CT molecular complexity index is 853. The van der Waals surface area contributed by atoms with Gasteiger partial charge in [-0.1, -0.05) is 24.3 Å². The van der Waals surface area contributed by atoms with E-state index in [1.807, 2.05) is 19.1 Å². The van der Waals surface area contributed by atoms with Crippen molar-refractivity contribution in [1.29, 1.82) is 0 Å². The van der Waals surface area contributed by atoms with Gasteiger partial charge in [0.25, 0.3) is 0 Å². The SMILES string of the molecule is C[C@H](c1ccc([S@](C)=O)cc1)N(C)C(=O)[C@@H]1C[C@@H]1c1cccc(F)c1F. The van der Waals surface area contributed by atoms with Crippen LogP contribution < -0.4 is 0 Å². The molecule has 2 aromatic carbocycles. The van der Waals surface area contributed by atoms with Crippen molar-refractivity contribution in [3.63, 3.8) is 0 Å². The Balaban J connectivity index is 1.70. The maximum Gasteiger partial charge on any atom is 0.226 e.